The van der Waals surface area contributed by atoms with Gasteiger partial charge >= 0.3 is 5.97 Å². The van der Waals surface area contributed by atoms with Crippen LogP contribution in [-0.2, 0) is 14.8 Å². The second kappa shape index (κ2) is 4.66. The summed E-state index contributed by atoms with van der Waals surface area (Å²) in [6.45, 7) is 0.945. The molecular formula is C9H9F2NO4S. The number of rotatable bonds is 4. The van der Waals surface area contributed by atoms with Crippen LogP contribution in [0.25, 0.3) is 0 Å². The maximum absolute atomic E-state index is 12.8. The molecule has 0 fully saturated rings. The highest BCUT2D eigenvalue weighted by atomic mass is 32.2. The highest BCUT2D eigenvalue weighted by molar-refractivity contribution is 7.94. The van der Waals surface area contributed by atoms with E-state index in [1.807, 2.05) is 0 Å². The molecule has 0 aliphatic heterocycles. The Kier molecular flexibility index (Phi) is 3.66. The van der Waals surface area contributed by atoms with Gasteiger partial charge in [0.2, 0.25) is 10.0 Å². The SMILES string of the molecule is CC(C(=O)O)S(=O)(=O)Nc1cc(F)cc(F)c1. The number of carbonyl (C=O) groups is 1. The molecule has 2 N–H and O–H groups in total. The van der Waals surface area contributed by atoms with Gasteiger partial charge in [-0.05, 0) is 19.1 Å². The van der Waals surface area contributed by atoms with Crippen LogP contribution in [0, 0.1) is 11.6 Å². The quantitative estimate of drug-likeness (QED) is 0.856. The number of carboxylic acids is 1. The van der Waals surface area contributed by atoms with E-state index in [-0.39, 0.29) is 5.69 Å². The molecule has 0 amide bonds. The number of halogens is 2. The average molecular weight is 265 g/mol. The summed E-state index contributed by atoms with van der Waals surface area (Å²) in [6.07, 6.45) is 0. The minimum absolute atomic E-state index is 0.365. The van der Waals surface area contributed by atoms with Gasteiger partial charge in [0, 0.05) is 6.07 Å². The van der Waals surface area contributed by atoms with Crippen molar-refractivity contribution in [1.29, 1.82) is 0 Å². The van der Waals surface area contributed by atoms with Gasteiger partial charge < -0.3 is 5.11 Å². The van der Waals surface area contributed by atoms with E-state index >= 15 is 0 Å². The van der Waals surface area contributed by atoms with E-state index in [1.54, 1.807) is 4.72 Å². The smallest absolute Gasteiger partial charge is 0.323 e. The lowest BCUT2D eigenvalue weighted by molar-refractivity contribution is -0.136. The fraction of sp³-hybridized carbons (Fsp3) is 0.222. The number of anilines is 1. The Hall–Kier alpha value is -1.70. The number of hydrogen-bond acceptors (Lipinski definition) is 3. The second-order valence-electron chi connectivity index (χ2n) is 3.29. The molecule has 8 heteroatoms. The summed E-state index contributed by atoms with van der Waals surface area (Å²) in [5.74, 6) is -3.49. The van der Waals surface area contributed by atoms with Gasteiger partial charge in [-0.25, -0.2) is 17.2 Å². The molecule has 1 unspecified atom stereocenters. The largest absolute Gasteiger partial charge is 0.480 e. The van der Waals surface area contributed by atoms with E-state index in [0.717, 1.165) is 19.1 Å². The van der Waals surface area contributed by atoms with E-state index in [0.29, 0.717) is 6.07 Å². The summed E-state index contributed by atoms with van der Waals surface area (Å²) in [5, 5.41) is 6.81. The van der Waals surface area contributed by atoms with Crippen molar-refractivity contribution < 1.29 is 27.1 Å². The predicted octanol–water partition coefficient (Wildman–Crippen LogP) is 1.18. The minimum atomic E-state index is -4.23. The van der Waals surface area contributed by atoms with Gasteiger partial charge in [0.25, 0.3) is 0 Å². The maximum Gasteiger partial charge on any atom is 0.323 e. The molecule has 0 saturated heterocycles. The number of aliphatic carboxylic acids is 1. The van der Waals surface area contributed by atoms with Crippen LogP contribution in [0.5, 0.6) is 0 Å². The summed E-state index contributed by atoms with van der Waals surface area (Å²) in [5.41, 5.74) is -0.365. The molecule has 1 atom stereocenters. The van der Waals surface area contributed by atoms with Crippen molar-refractivity contribution in [3.63, 3.8) is 0 Å². The summed E-state index contributed by atoms with van der Waals surface area (Å²) in [7, 11) is -4.23. The minimum Gasteiger partial charge on any atom is -0.480 e. The van der Waals surface area contributed by atoms with Crippen LogP contribution in [0.15, 0.2) is 18.2 Å². The van der Waals surface area contributed by atoms with Gasteiger partial charge in [-0.1, -0.05) is 0 Å². The zero-order chi connectivity index (χ0) is 13.2. The Balaban J connectivity index is 3.02. The monoisotopic (exact) mass is 265 g/mol. The van der Waals surface area contributed by atoms with Crippen molar-refractivity contribution >= 4 is 21.7 Å². The summed E-state index contributed by atoms with van der Waals surface area (Å²) in [4.78, 5) is 10.5. The Morgan fingerprint density at radius 1 is 1.29 bits per heavy atom. The van der Waals surface area contributed by atoms with Crippen LogP contribution >= 0.6 is 0 Å². The van der Waals surface area contributed by atoms with Crippen molar-refractivity contribution in [2.75, 3.05) is 4.72 Å². The fourth-order valence-electron chi connectivity index (χ4n) is 0.998. The zero-order valence-electron chi connectivity index (χ0n) is 8.65. The molecule has 0 heterocycles. The topological polar surface area (TPSA) is 83.5 Å². The third-order valence-electron chi connectivity index (χ3n) is 1.94. The van der Waals surface area contributed by atoms with E-state index in [2.05, 4.69) is 0 Å². The predicted molar refractivity (Wildman–Crippen MR) is 56.0 cm³/mol. The molecule has 1 aromatic rings. The molecule has 17 heavy (non-hydrogen) atoms. The van der Waals surface area contributed by atoms with Crippen LogP contribution in [0.2, 0.25) is 0 Å². The van der Waals surface area contributed by atoms with Gasteiger partial charge in [0.1, 0.15) is 11.6 Å². The molecule has 94 valence electrons. The molecule has 0 spiro atoms. The molecule has 5 nitrogen and oxygen atoms in total. The van der Waals surface area contributed by atoms with E-state index in [9.17, 15) is 22.0 Å². The van der Waals surface area contributed by atoms with Crippen LogP contribution in [-0.4, -0.2) is 24.7 Å². The van der Waals surface area contributed by atoms with Crippen molar-refractivity contribution in [3.8, 4) is 0 Å². The lowest BCUT2D eigenvalue weighted by Gasteiger charge is -2.11. The Morgan fingerprint density at radius 2 is 1.76 bits per heavy atom. The molecule has 0 bridgehead atoms. The van der Waals surface area contributed by atoms with Gasteiger partial charge in [-0.3, -0.25) is 9.52 Å². The van der Waals surface area contributed by atoms with Crippen LogP contribution in [0.1, 0.15) is 6.92 Å². The standard InChI is InChI=1S/C9H9F2NO4S/c1-5(9(13)14)17(15,16)12-8-3-6(10)2-7(11)4-8/h2-5,12H,1H3,(H,13,14). The van der Waals surface area contributed by atoms with E-state index in [4.69, 9.17) is 5.11 Å². The second-order valence-corrected chi connectivity index (χ2v) is 5.29. The van der Waals surface area contributed by atoms with E-state index < -0.39 is 32.9 Å². The Bertz CT molecular complexity index is 524. The summed E-state index contributed by atoms with van der Waals surface area (Å²) in [6, 6.07) is 2.06. The first kappa shape index (κ1) is 13.4. The van der Waals surface area contributed by atoms with Crippen molar-refractivity contribution in [2.24, 2.45) is 0 Å². The first-order valence-corrected chi connectivity index (χ1v) is 5.97. The normalized spacial score (nSPS) is 13.1. The molecule has 0 aromatic heterocycles. The number of benzene rings is 1. The van der Waals surface area contributed by atoms with Gasteiger partial charge in [-0.15, -0.1) is 0 Å². The number of carboxylic acid groups (broad SMARTS) is 1. The molecule has 0 aliphatic rings. The average Bonchev–Trinajstić information content (AvgIpc) is 2.13. The van der Waals surface area contributed by atoms with Crippen LogP contribution < -0.4 is 4.72 Å². The first-order chi connectivity index (χ1) is 7.72. The van der Waals surface area contributed by atoms with Crippen LogP contribution in [0.4, 0.5) is 14.5 Å². The van der Waals surface area contributed by atoms with Gasteiger partial charge in [-0.2, -0.15) is 0 Å². The molecule has 1 rings (SSSR count). The fourth-order valence-corrected chi connectivity index (χ4v) is 1.89. The van der Waals surface area contributed by atoms with Crippen molar-refractivity contribution in [1.82, 2.24) is 0 Å². The maximum atomic E-state index is 12.8. The molecular weight excluding hydrogens is 256 g/mol. The van der Waals surface area contributed by atoms with Crippen molar-refractivity contribution in [3.05, 3.63) is 29.8 Å². The molecule has 0 radical (unpaired) electrons. The highest BCUT2D eigenvalue weighted by Gasteiger charge is 2.27. The van der Waals surface area contributed by atoms with Crippen molar-refractivity contribution in [2.45, 2.75) is 12.2 Å². The number of nitrogens with one attached hydrogen (secondary N) is 1. The third kappa shape index (κ3) is 3.38. The molecule has 1 aromatic carbocycles. The number of sulfonamides is 1. The number of hydrogen-bond donors (Lipinski definition) is 2. The van der Waals surface area contributed by atoms with Gasteiger partial charge in [0.15, 0.2) is 5.25 Å². The summed E-state index contributed by atoms with van der Waals surface area (Å²) >= 11 is 0. The van der Waals surface area contributed by atoms with Gasteiger partial charge in [0.05, 0.1) is 5.69 Å². The third-order valence-corrected chi connectivity index (χ3v) is 3.59. The van der Waals surface area contributed by atoms with E-state index in [1.165, 1.54) is 0 Å². The zero-order valence-corrected chi connectivity index (χ0v) is 9.46. The first-order valence-electron chi connectivity index (χ1n) is 4.43. The Morgan fingerprint density at radius 3 is 2.18 bits per heavy atom. The van der Waals surface area contributed by atoms with Crippen LogP contribution in [0.3, 0.4) is 0 Å². The molecule has 0 aliphatic carbocycles. The summed E-state index contributed by atoms with van der Waals surface area (Å²) < 4.78 is 50.2. The molecule has 0 saturated carbocycles. The highest BCUT2D eigenvalue weighted by Crippen LogP contribution is 2.16. The Labute approximate surface area is 96.1 Å². The lowest BCUT2D eigenvalue weighted by atomic mass is 10.3. The lowest BCUT2D eigenvalue weighted by Crippen LogP contribution is -2.32.